The van der Waals surface area contributed by atoms with E-state index in [1.807, 2.05) is 24.3 Å². The minimum absolute atomic E-state index is 0.657. The molecule has 1 N–H and O–H groups in total. The van der Waals surface area contributed by atoms with Crippen LogP contribution in [0.3, 0.4) is 0 Å². The molecule has 1 heterocycles. The van der Waals surface area contributed by atoms with E-state index < -0.39 is 0 Å². The highest BCUT2D eigenvalue weighted by Gasteiger charge is 2.02. The van der Waals surface area contributed by atoms with Gasteiger partial charge in [0.15, 0.2) is 0 Å². The first-order valence-electron chi connectivity index (χ1n) is 5.21. The molecule has 1 aromatic heterocycles. The third-order valence-electron chi connectivity index (χ3n) is 2.36. The molecule has 3 nitrogen and oxygen atoms in total. The van der Waals surface area contributed by atoms with Crippen molar-refractivity contribution < 1.29 is 4.42 Å². The molecule has 17 heavy (non-hydrogen) atoms. The second-order valence-electron chi connectivity index (χ2n) is 3.61. The molecule has 0 fully saturated rings. The van der Waals surface area contributed by atoms with Crippen LogP contribution in [0.15, 0.2) is 45.5 Å². The molecule has 0 radical (unpaired) electrons. The Bertz CT molecular complexity index is 542. The normalized spacial score (nSPS) is 10.1. The molecule has 0 aliphatic heterocycles. The lowest BCUT2D eigenvalue weighted by Gasteiger charge is -2.03. The van der Waals surface area contributed by atoms with Gasteiger partial charge < -0.3 is 9.73 Å². The van der Waals surface area contributed by atoms with E-state index in [0.29, 0.717) is 18.7 Å². The average Bonchev–Trinajstić information content (AvgIpc) is 2.76. The molecular formula is C13H11BrN2O. The number of hydrogen-bond acceptors (Lipinski definition) is 3. The Morgan fingerprint density at radius 3 is 2.88 bits per heavy atom. The van der Waals surface area contributed by atoms with Crippen LogP contribution in [0.1, 0.15) is 16.9 Å². The van der Waals surface area contributed by atoms with Gasteiger partial charge in [0, 0.05) is 6.54 Å². The van der Waals surface area contributed by atoms with Crippen LogP contribution in [0, 0.1) is 11.3 Å². The molecule has 0 amide bonds. The Morgan fingerprint density at radius 2 is 2.18 bits per heavy atom. The number of furan rings is 1. The summed E-state index contributed by atoms with van der Waals surface area (Å²) in [6.45, 7) is 1.37. The van der Waals surface area contributed by atoms with Crippen molar-refractivity contribution >= 4 is 15.9 Å². The minimum atomic E-state index is 0.657. The summed E-state index contributed by atoms with van der Waals surface area (Å²) < 4.78 is 6.25. The zero-order valence-corrected chi connectivity index (χ0v) is 10.7. The van der Waals surface area contributed by atoms with Gasteiger partial charge in [-0.1, -0.05) is 12.1 Å². The van der Waals surface area contributed by atoms with Gasteiger partial charge in [-0.2, -0.15) is 5.26 Å². The van der Waals surface area contributed by atoms with Crippen LogP contribution < -0.4 is 5.32 Å². The van der Waals surface area contributed by atoms with E-state index in [1.165, 1.54) is 0 Å². The first-order chi connectivity index (χ1) is 8.29. The van der Waals surface area contributed by atoms with Crippen molar-refractivity contribution in [2.75, 3.05) is 0 Å². The van der Waals surface area contributed by atoms with Crippen molar-refractivity contribution in [1.82, 2.24) is 5.32 Å². The fourth-order valence-electron chi connectivity index (χ4n) is 1.52. The van der Waals surface area contributed by atoms with Gasteiger partial charge in [-0.3, -0.25) is 0 Å². The largest absolute Gasteiger partial charge is 0.467 e. The highest BCUT2D eigenvalue weighted by Crippen LogP contribution is 2.17. The lowest BCUT2D eigenvalue weighted by molar-refractivity contribution is 0.480. The predicted molar refractivity (Wildman–Crippen MR) is 68.1 cm³/mol. The van der Waals surface area contributed by atoms with Crippen molar-refractivity contribution in [3.8, 4) is 6.07 Å². The Morgan fingerprint density at radius 1 is 1.29 bits per heavy atom. The number of benzene rings is 1. The van der Waals surface area contributed by atoms with Crippen molar-refractivity contribution in [3.05, 3.63) is 58.0 Å². The maximum Gasteiger partial charge on any atom is 0.131 e. The van der Waals surface area contributed by atoms with Crippen LogP contribution in [0.25, 0.3) is 0 Å². The molecule has 2 rings (SSSR count). The standard InChI is InChI=1S/C13H11BrN2O/c14-12-4-5-17-13(12)9-16-8-11-3-1-2-10(6-11)7-15/h1-6,16H,8-9H2. The van der Waals surface area contributed by atoms with Crippen LogP contribution >= 0.6 is 15.9 Å². The topological polar surface area (TPSA) is 49.0 Å². The molecular weight excluding hydrogens is 280 g/mol. The molecule has 0 atom stereocenters. The minimum Gasteiger partial charge on any atom is -0.467 e. The Kier molecular flexibility index (Phi) is 3.97. The quantitative estimate of drug-likeness (QED) is 0.941. The summed E-state index contributed by atoms with van der Waals surface area (Å²) in [6.07, 6.45) is 1.65. The van der Waals surface area contributed by atoms with Crippen LogP contribution in [-0.2, 0) is 13.1 Å². The number of nitrogens with one attached hydrogen (secondary N) is 1. The van der Waals surface area contributed by atoms with Gasteiger partial charge in [-0.05, 0) is 39.7 Å². The number of nitrogens with zero attached hydrogens (tertiary/aromatic N) is 1. The van der Waals surface area contributed by atoms with Gasteiger partial charge in [0.2, 0.25) is 0 Å². The van der Waals surface area contributed by atoms with Gasteiger partial charge in [-0.25, -0.2) is 0 Å². The maximum absolute atomic E-state index is 8.78. The summed E-state index contributed by atoms with van der Waals surface area (Å²) in [5, 5.41) is 12.0. The molecule has 0 saturated heterocycles. The number of halogens is 1. The fourth-order valence-corrected chi connectivity index (χ4v) is 1.86. The van der Waals surface area contributed by atoms with E-state index in [4.69, 9.17) is 9.68 Å². The smallest absolute Gasteiger partial charge is 0.131 e. The summed E-state index contributed by atoms with van der Waals surface area (Å²) in [4.78, 5) is 0. The molecule has 0 unspecified atom stereocenters. The molecule has 0 bridgehead atoms. The lowest BCUT2D eigenvalue weighted by atomic mass is 10.1. The highest BCUT2D eigenvalue weighted by molar-refractivity contribution is 9.10. The molecule has 4 heteroatoms. The van der Waals surface area contributed by atoms with Gasteiger partial charge in [0.25, 0.3) is 0 Å². The third kappa shape index (κ3) is 3.19. The SMILES string of the molecule is N#Cc1cccc(CNCc2occc2Br)c1. The lowest BCUT2D eigenvalue weighted by Crippen LogP contribution is -2.12. The molecule has 2 aromatic rings. The van der Waals surface area contributed by atoms with Gasteiger partial charge >= 0.3 is 0 Å². The highest BCUT2D eigenvalue weighted by atomic mass is 79.9. The van der Waals surface area contributed by atoms with E-state index in [-0.39, 0.29) is 0 Å². The third-order valence-corrected chi connectivity index (χ3v) is 3.07. The van der Waals surface area contributed by atoms with Gasteiger partial charge in [0.05, 0.1) is 28.9 Å². The Hall–Kier alpha value is -1.57. The van der Waals surface area contributed by atoms with E-state index in [1.54, 1.807) is 12.3 Å². The van der Waals surface area contributed by atoms with Gasteiger partial charge in [-0.15, -0.1) is 0 Å². The first-order valence-corrected chi connectivity index (χ1v) is 6.00. The van der Waals surface area contributed by atoms with E-state index >= 15 is 0 Å². The summed E-state index contributed by atoms with van der Waals surface area (Å²) in [7, 11) is 0. The first kappa shape index (κ1) is 11.9. The average molecular weight is 291 g/mol. The maximum atomic E-state index is 8.78. The number of nitriles is 1. The number of hydrogen-bond donors (Lipinski definition) is 1. The molecule has 0 aliphatic carbocycles. The van der Waals surface area contributed by atoms with Crippen molar-refractivity contribution in [2.45, 2.75) is 13.1 Å². The fraction of sp³-hybridized carbons (Fsp3) is 0.154. The summed E-state index contributed by atoms with van der Waals surface area (Å²) >= 11 is 3.40. The van der Waals surface area contributed by atoms with Crippen LogP contribution in [-0.4, -0.2) is 0 Å². The van der Waals surface area contributed by atoms with Crippen molar-refractivity contribution in [1.29, 1.82) is 5.26 Å². The Labute approximate surface area is 108 Å². The molecule has 0 aliphatic rings. The van der Waals surface area contributed by atoms with E-state index in [9.17, 15) is 0 Å². The zero-order chi connectivity index (χ0) is 12.1. The number of rotatable bonds is 4. The second kappa shape index (κ2) is 5.67. The molecule has 0 spiro atoms. The van der Waals surface area contributed by atoms with Crippen LogP contribution in [0.5, 0.6) is 0 Å². The van der Waals surface area contributed by atoms with Crippen LogP contribution in [0.4, 0.5) is 0 Å². The zero-order valence-electron chi connectivity index (χ0n) is 9.11. The molecule has 0 saturated carbocycles. The van der Waals surface area contributed by atoms with Crippen molar-refractivity contribution in [2.24, 2.45) is 0 Å². The summed E-state index contributed by atoms with van der Waals surface area (Å²) in [6, 6.07) is 11.6. The monoisotopic (exact) mass is 290 g/mol. The second-order valence-corrected chi connectivity index (χ2v) is 4.46. The van der Waals surface area contributed by atoms with E-state index in [0.717, 1.165) is 15.8 Å². The van der Waals surface area contributed by atoms with Crippen LogP contribution in [0.2, 0.25) is 0 Å². The summed E-state index contributed by atoms with van der Waals surface area (Å²) in [5.41, 5.74) is 1.77. The summed E-state index contributed by atoms with van der Waals surface area (Å²) in [5.74, 6) is 0.876. The Balaban J connectivity index is 1.90. The molecule has 86 valence electrons. The van der Waals surface area contributed by atoms with E-state index in [2.05, 4.69) is 27.3 Å². The molecule has 1 aromatic carbocycles. The van der Waals surface area contributed by atoms with Gasteiger partial charge in [0.1, 0.15) is 5.76 Å². The van der Waals surface area contributed by atoms with Crippen molar-refractivity contribution in [3.63, 3.8) is 0 Å². The predicted octanol–water partition coefficient (Wildman–Crippen LogP) is 3.20.